The normalized spacial score (nSPS) is 18.6. The minimum Gasteiger partial charge on any atom is -0.724 e. The van der Waals surface area contributed by atoms with Crippen LogP contribution in [0.15, 0.2) is 23.3 Å². The number of rotatable bonds is 1. The molecule has 1 aliphatic rings. The summed E-state index contributed by atoms with van der Waals surface area (Å²) in [4.78, 5) is 0. The van der Waals surface area contributed by atoms with E-state index in [0.717, 1.165) is 0 Å². The monoisotopic (exact) mass is 286 g/mol. The van der Waals surface area contributed by atoms with E-state index in [2.05, 4.69) is 10.5 Å². The molecule has 0 saturated carbocycles. The number of halogens is 2. The molecular weight excluding hydrogens is 282 g/mol. The van der Waals surface area contributed by atoms with Gasteiger partial charge in [-0.05, 0) is 18.2 Å². The zero-order chi connectivity index (χ0) is 10.1. The maximum absolute atomic E-state index is 5.95. The average molecular weight is 287 g/mol. The average Bonchev–Trinajstić information content (AvgIpc) is 2.51. The van der Waals surface area contributed by atoms with E-state index in [0.29, 0.717) is 21.5 Å². The molecule has 1 atom stereocenters. The van der Waals surface area contributed by atoms with Crippen LogP contribution in [0.1, 0.15) is 5.56 Å². The Morgan fingerprint density at radius 3 is 2.67 bits per heavy atom. The molecule has 0 bridgehead atoms. The molecule has 74 valence electrons. The first-order valence-electron chi connectivity index (χ1n) is 3.78. The third-order valence-electron chi connectivity index (χ3n) is 1.65. The molecule has 1 aromatic carbocycles. The number of hydrogen-bond donors (Lipinski definition) is 1. The minimum absolute atomic E-state index is 0. The van der Waals surface area contributed by atoms with Crippen LogP contribution >= 0.6 is 23.2 Å². The van der Waals surface area contributed by atoms with Crippen LogP contribution in [0, 0.1) is 0 Å². The van der Waals surface area contributed by atoms with Gasteiger partial charge in [0.1, 0.15) is 0 Å². The van der Waals surface area contributed by atoms with Gasteiger partial charge in [0.25, 0.3) is 0 Å². The Labute approximate surface area is 145 Å². The molecule has 1 aromatic rings. The van der Waals surface area contributed by atoms with Crippen LogP contribution in [0.4, 0.5) is 0 Å². The van der Waals surface area contributed by atoms with E-state index in [1.165, 1.54) is 0 Å². The van der Waals surface area contributed by atoms with Gasteiger partial charge in [-0.25, -0.2) is 0 Å². The van der Waals surface area contributed by atoms with E-state index in [1.807, 2.05) is 0 Å². The Bertz CT molecular complexity index is 402. The third kappa shape index (κ3) is 3.51. The van der Waals surface area contributed by atoms with Gasteiger partial charge >= 0.3 is 51.4 Å². The summed E-state index contributed by atoms with van der Waals surface area (Å²) in [5, 5.41) is 4.95. The molecule has 7 heteroatoms. The molecule has 1 unspecified atom stereocenters. The summed E-state index contributed by atoms with van der Waals surface area (Å²) in [5.41, 5.74) is 2.74. The van der Waals surface area contributed by atoms with E-state index in [9.17, 15) is 0 Å². The van der Waals surface area contributed by atoms with Crippen LogP contribution in [-0.2, 0) is 17.4 Å². The zero-order valence-electron chi connectivity index (χ0n) is 7.83. The van der Waals surface area contributed by atoms with Gasteiger partial charge in [0.15, 0.2) is 0 Å². The largest absolute Gasteiger partial charge is 1.00 e. The Morgan fingerprint density at radius 1 is 1.40 bits per heavy atom. The number of ether oxygens (including phenoxy) is 1. The standard InChI is InChI=1S/C8H6Cl2N2OS.K/c9-4-1-2-5(6(10)3-4)7-11-12-8(14)13-7;/h1-3,8,12,14H;/q;+1/p-1. The van der Waals surface area contributed by atoms with Crippen molar-refractivity contribution in [2.75, 3.05) is 0 Å². The van der Waals surface area contributed by atoms with E-state index in [4.69, 9.17) is 40.6 Å². The zero-order valence-corrected chi connectivity index (χ0v) is 13.3. The summed E-state index contributed by atoms with van der Waals surface area (Å²) in [7, 11) is 0. The van der Waals surface area contributed by atoms with Crippen molar-refractivity contribution >= 4 is 41.7 Å². The maximum atomic E-state index is 5.95. The SMILES string of the molecule is [K+].[S-]C1NN=C(c2ccc(Cl)cc2Cl)O1. The Morgan fingerprint density at radius 2 is 2.13 bits per heavy atom. The number of hydrogen-bond acceptors (Lipinski definition) is 4. The fourth-order valence-electron chi connectivity index (χ4n) is 1.05. The van der Waals surface area contributed by atoms with Crippen molar-refractivity contribution in [3.63, 3.8) is 0 Å². The van der Waals surface area contributed by atoms with Gasteiger partial charge in [-0.1, -0.05) is 23.2 Å². The second-order valence-corrected chi connectivity index (χ2v) is 3.89. The van der Waals surface area contributed by atoms with Crippen molar-refractivity contribution in [2.24, 2.45) is 5.10 Å². The van der Waals surface area contributed by atoms with Crippen molar-refractivity contribution in [1.82, 2.24) is 5.43 Å². The quantitative estimate of drug-likeness (QED) is 0.537. The van der Waals surface area contributed by atoms with E-state index in [1.54, 1.807) is 18.2 Å². The van der Waals surface area contributed by atoms with Crippen LogP contribution in [0.3, 0.4) is 0 Å². The second kappa shape index (κ2) is 6.12. The first kappa shape index (κ1) is 14.1. The molecule has 1 aliphatic heterocycles. The fraction of sp³-hybridized carbons (Fsp3) is 0.125. The summed E-state index contributed by atoms with van der Waals surface area (Å²) in [6.45, 7) is 0. The molecule has 3 nitrogen and oxygen atoms in total. The van der Waals surface area contributed by atoms with Gasteiger partial charge in [-0.15, -0.1) is 5.10 Å². The Kier molecular flexibility index (Phi) is 5.76. The molecule has 0 spiro atoms. The molecule has 0 amide bonds. The molecule has 2 rings (SSSR count). The predicted molar refractivity (Wildman–Crippen MR) is 58.4 cm³/mol. The summed E-state index contributed by atoms with van der Waals surface area (Å²) in [6, 6.07) is 5.07. The van der Waals surface area contributed by atoms with Gasteiger partial charge in [-0.3, -0.25) is 5.43 Å². The van der Waals surface area contributed by atoms with Crippen molar-refractivity contribution < 1.29 is 56.1 Å². The summed E-state index contributed by atoms with van der Waals surface area (Å²) in [6.07, 6.45) is 0. The first-order valence-corrected chi connectivity index (χ1v) is 5.00. The van der Waals surface area contributed by atoms with Crippen molar-refractivity contribution in [1.29, 1.82) is 0 Å². The molecule has 0 saturated heterocycles. The number of nitrogens with zero attached hydrogens (tertiary/aromatic N) is 1. The van der Waals surface area contributed by atoms with Crippen LogP contribution < -0.4 is 56.8 Å². The van der Waals surface area contributed by atoms with E-state index >= 15 is 0 Å². The van der Waals surface area contributed by atoms with Crippen molar-refractivity contribution in [3.05, 3.63) is 33.8 Å². The van der Waals surface area contributed by atoms with Gasteiger partial charge < -0.3 is 17.4 Å². The molecule has 0 aromatic heterocycles. The third-order valence-corrected chi connectivity index (χ3v) is 2.40. The van der Waals surface area contributed by atoms with Crippen molar-refractivity contribution in [3.8, 4) is 0 Å². The van der Waals surface area contributed by atoms with Gasteiger partial charge in [0.2, 0.25) is 5.90 Å². The van der Waals surface area contributed by atoms with Gasteiger partial charge in [0, 0.05) is 5.02 Å². The topological polar surface area (TPSA) is 33.6 Å². The first-order chi connectivity index (χ1) is 6.66. The van der Waals surface area contributed by atoms with Gasteiger partial charge in [-0.2, -0.15) is 0 Å². The van der Waals surface area contributed by atoms with Crippen LogP contribution in [0.5, 0.6) is 0 Å². The smallest absolute Gasteiger partial charge is 0.724 e. The number of nitrogens with one attached hydrogen (secondary N) is 1. The fourth-order valence-corrected chi connectivity index (χ4v) is 1.69. The van der Waals surface area contributed by atoms with Crippen molar-refractivity contribution in [2.45, 2.75) is 5.56 Å². The van der Waals surface area contributed by atoms with Crippen LogP contribution in [0.2, 0.25) is 10.0 Å². The van der Waals surface area contributed by atoms with Gasteiger partial charge in [0.05, 0.1) is 16.1 Å². The molecule has 0 aliphatic carbocycles. The molecule has 15 heavy (non-hydrogen) atoms. The Hall–Kier alpha value is 1.06. The minimum atomic E-state index is -0.531. The number of benzene rings is 1. The molecule has 1 heterocycles. The maximum Gasteiger partial charge on any atom is 1.00 e. The molecule has 1 N–H and O–H groups in total. The second-order valence-electron chi connectivity index (χ2n) is 2.62. The van der Waals surface area contributed by atoms with Crippen LogP contribution in [0.25, 0.3) is 0 Å². The summed E-state index contributed by atoms with van der Waals surface area (Å²) >= 11 is 16.5. The Balaban J connectivity index is 0.00000112. The predicted octanol–water partition coefficient (Wildman–Crippen LogP) is -0.891. The van der Waals surface area contributed by atoms with E-state index in [-0.39, 0.29) is 51.4 Å². The summed E-state index contributed by atoms with van der Waals surface area (Å²) in [5.74, 6) is 0.395. The molecule has 0 fully saturated rings. The number of hydrazone groups is 1. The van der Waals surface area contributed by atoms with Crippen LogP contribution in [-0.4, -0.2) is 11.5 Å². The molecule has 0 radical (unpaired) electrons. The molecular formula is C8H5Cl2KN2OS. The van der Waals surface area contributed by atoms with E-state index < -0.39 is 5.56 Å². The summed E-state index contributed by atoms with van der Waals surface area (Å²) < 4.78 is 5.19.